The minimum atomic E-state index is -2.93. The number of nitrogens with zero attached hydrogens (tertiary/aromatic N) is 2. The zero-order valence-electron chi connectivity index (χ0n) is 15.3. The molecule has 0 spiro atoms. The van der Waals surface area contributed by atoms with Gasteiger partial charge in [0.05, 0.1) is 17.2 Å². The smallest absolute Gasteiger partial charge is 0.387 e. The lowest BCUT2D eigenvalue weighted by Crippen LogP contribution is -2.36. The van der Waals surface area contributed by atoms with E-state index < -0.39 is 6.61 Å². The van der Waals surface area contributed by atoms with Crippen molar-refractivity contribution in [2.45, 2.75) is 33.0 Å². The summed E-state index contributed by atoms with van der Waals surface area (Å²) in [7, 11) is 1.63. The highest BCUT2D eigenvalue weighted by Gasteiger charge is 2.20. The number of aryl methyl sites for hydroxylation is 1. The van der Waals surface area contributed by atoms with E-state index in [0.29, 0.717) is 29.6 Å². The van der Waals surface area contributed by atoms with Gasteiger partial charge in [-0.25, -0.2) is 4.98 Å². The molecule has 0 saturated carbocycles. The Labute approximate surface area is 182 Å². The Bertz CT molecular complexity index is 820. The first-order valence-electron chi connectivity index (χ1n) is 8.34. The highest BCUT2D eigenvalue weighted by Crippen LogP contribution is 2.38. The fraction of sp³-hybridized carbons (Fsp3) is 0.412. The molecule has 1 aliphatic heterocycles. The monoisotopic (exact) mass is 526 g/mol. The van der Waals surface area contributed by atoms with Crippen LogP contribution in [-0.2, 0) is 19.5 Å². The van der Waals surface area contributed by atoms with Crippen molar-refractivity contribution in [2.24, 2.45) is 4.99 Å². The van der Waals surface area contributed by atoms with Crippen LogP contribution < -0.4 is 24.8 Å². The Morgan fingerprint density at radius 1 is 1.29 bits per heavy atom. The molecule has 1 aromatic carbocycles. The van der Waals surface area contributed by atoms with E-state index in [-0.39, 0.29) is 43.1 Å². The summed E-state index contributed by atoms with van der Waals surface area (Å²) in [6.07, 6.45) is 0.897. The number of benzene rings is 1. The normalized spacial score (nSPS) is 12.7. The SMILES string of the molecule is CCc1nc(CNC(=NC)NCc2cc3c(cc2OC(F)F)OCO3)cs1.I. The third-order valence-electron chi connectivity index (χ3n) is 3.78. The van der Waals surface area contributed by atoms with E-state index in [9.17, 15) is 8.78 Å². The molecule has 11 heteroatoms. The van der Waals surface area contributed by atoms with Crippen LogP contribution in [0.15, 0.2) is 22.5 Å². The fourth-order valence-corrected chi connectivity index (χ4v) is 3.22. The van der Waals surface area contributed by atoms with Crippen molar-refractivity contribution in [3.05, 3.63) is 33.8 Å². The Hall–Kier alpha value is -1.89. The summed E-state index contributed by atoms with van der Waals surface area (Å²) in [5.41, 5.74) is 1.43. The van der Waals surface area contributed by atoms with Gasteiger partial charge in [0.25, 0.3) is 0 Å². The highest BCUT2D eigenvalue weighted by atomic mass is 127. The molecule has 0 aliphatic carbocycles. The third-order valence-corrected chi connectivity index (χ3v) is 4.82. The number of nitrogens with one attached hydrogen (secondary N) is 2. The molecular weight excluding hydrogens is 505 g/mol. The number of aromatic nitrogens is 1. The summed E-state index contributed by atoms with van der Waals surface area (Å²) in [4.78, 5) is 8.61. The number of rotatable bonds is 7. The minimum Gasteiger partial charge on any atom is -0.454 e. The number of thiazole rings is 1. The van der Waals surface area contributed by atoms with Gasteiger partial charge in [0.15, 0.2) is 17.5 Å². The van der Waals surface area contributed by atoms with E-state index in [4.69, 9.17) is 9.47 Å². The number of fused-ring (bicyclic) bond motifs is 1. The summed E-state index contributed by atoms with van der Waals surface area (Å²) in [6.45, 7) is -0.0930. The predicted molar refractivity (Wildman–Crippen MR) is 113 cm³/mol. The van der Waals surface area contributed by atoms with Crippen LogP contribution in [0.3, 0.4) is 0 Å². The van der Waals surface area contributed by atoms with Crippen LogP contribution in [0.5, 0.6) is 17.2 Å². The van der Waals surface area contributed by atoms with Crippen LogP contribution in [0.4, 0.5) is 8.78 Å². The molecule has 0 radical (unpaired) electrons. The maximum absolute atomic E-state index is 12.7. The van der Waals surface area contributed by atoms with Gasteiger partial charge < -0.3 is 24.8 Å². The summed E-state index contributed by atoms with van der Waals surface area (Å²) >= 11 is 1.61. The van der Waals surface area contributed by atoms with Gasteiger partial charge >= 0.3 is 6.61 Å². The molecule has 0 fully saturated rings. The average Bonchev–Trinajstić information content (AvgIpc) is 3.29. The number of alkyl halides is 2. The van der Waals surface area contributed by atoms with Crippen LogP contribution in [0.2, 0.25) is 0 Å². The van der Waals surface area contributed by atoms with Gasteiger partial charge in [-0.1, -0.05) is 6.92 Å². The third kappa shape index (κ3) is 5.80. The van der Waals surface area contributed by atoms with E-state index >= 15 is 0 Å². The van der Waals surface area contributed by atoms with Crippen LogP contribution >= 0.6 is 35.3 Å². The summed E-state index contributed by atoms with van der Waals surface area (Å²) in [5.74, 6) is 1.42. The first-order chi connectivity index (χ1) is 13.1. The maximum Gasteiger partial charge on any atom is 0.387 e. The second kappa shape index (κ2) is 10.6. The second-order valence-electron chi connectivity index (χ2n) is 5.56. The topological polar surface area (TPSA) is 77.0 Å². The molecule has 0 bridgehead atoms. The molecule has 2 heterocycles. The van der Waals surface area contributed by atoms with Gasteiger partial charge in [-0.3, -0.25) is 4.99 Å². The molecule has 28 heavy (non-hydrogen) atoms. The zero-order valence-corrected chi connectivity index (χ0v) is 18.5. The van der Waals surface area contributed by atoms with Gasteiger partial charge in [-0.05, 0) is 12.5 Å². The molecule has 0 unspecified atom stereocenters. The zero-order chi connectivity index (χ0) is 19.2. The first kappa shape index (κ1) is 22.4. The van der Waals surface area contributed by atoms with Gasteiger partial charge in [0, 0.05) is 30.6 Å². The van der Waals surface area contributed by atoms with Gasteiger partial charge in [-0.15, -0.1) is 35.3 Å². The minimum absolute atomic E-state index is 0. The molecule has 154 valence electrons. The van der Waals surface area contributed by atoms with E-state index in [1.807, 2.05) is 5.38 Å². The molecule has 0 saturated heterocycles. The lowest BCUT2D eigenvalue weighted by atomic mass is 10.1. The number of hydrogen-bond donors (Lipinski definition) is 2. The number of ether oxygens (including phenoxy) is 3. The standard InChI is InChI=1S/C17H20F2N4O3S.HI/c1-3-15-23-11(8-27-15)7-22-17(20-2)21-6-10-4-13-14(25-9-24-13)5-12(10)26-16(18)19;/h4-5,8,16H,3,6-7,9H2,1-2H3,(H2,20,21,22);1H. The van der Waals surface area contributed by atoms with Crippen LogP contribution in [0.25, 0.3) is 0 Å². The predicted octanol–water partition coefficient (Wildman–Crippen LogP) is 3.52. The van der Waals surface area contributed by atoms with Crippen molar-refractivity contribution >= 4 is 41.3 Å². The molecular formula is C17H21F2IN4O3S. The maximum atomic E-state index is 12.7. The highest BCUT2D eigenvalue weighted by molar-refractivity contribution is 14.0. The Morgan fingerprint density at radius 2 is 2.00 bits per heavy atom. The first-order valence-corrected chi connectivity index (χ1v) is 9.22. The van der Waals surface area contributed by atoms with E-state index in [2.05, 4.69) is 32.3 Å². The van der Waals surface area contributed by atoms with Crippen molar-refractivity contribution in [2.75, 3.05) is 13.8 Å². The van der Waals surface area contributed by atoms with Crippen molar-refractivity contribution in [1.29, 1.82) is 0 Å². The molecule has 3 rings (SSSR count). The lowest BCUT2D eigenvalue weighted by molar-refractivity contribution is -0.0505. The second-order valence-corrected chi connectivity index (χ2v) is 6.50. The average molecular weight is 526 g/mol. The van der Waals surface area contributed by atoms with Crippen molar-refractivity contribution in [3.63, 3.8) is 0 Å². The quantitative estimate of drug-likeness (QED) is 0.327. The Kier molecular flexibility index (Phi) is 8.48. The summed E-state index contributed by atoms with van der Waals surface area (Å²) in [6, 6.07) is 3.03. The van der Waals surface area contributed by atoms with Gasteiger partial charge in [0.1, 0.15) is 5.75 Å². The molecule has 1 aromatic heterocycles. The van der Waals surface area contributed by atoms with E-state index in [1.54, 1.807) is 24.5 Å². The molecule has 2 aromatic rings. The van der Waals surface area contributed by atoms with Crippen molar-refractivity contribution in [3.8, 4) is 17.2 Å². The molecule has 0 atom stereocenters. The summed E-state index contributed by atoms with van der Waals surface area (Å²) < 4.78 is 40.5. The van der Waals surface area contributed by atoms with Gasteiger partial charge in [-0.2, -0.15) is 8.78 Å². The van der Waals surface area contributed by atoms with Crippen LogP contribution in [0.1, 0.15) is 23.2 Å². The Balaban J connectivity index is 0.00000280. The molecule has 2 N–H and O–H groups in total. The van der Waals surface area contributed by atoms with Crippen LogP contribution in [-0.4, -0.2) is 31.4 Å². The number of halogens is 3. The van der Waals surface area contributed by atoms with Gasteiger partial charge in [0.2, 0.25) is 6.79 Å². The molecule has 0 amide bonds. The fourth-order valence-electron chi connectivity index (χ4n) is 2.48. The number of hydrogen-bond acceptors (Lipinski definition) is 6. The van der Waals surface area contributed by atoms with E-state index in [1.165, 1.54) is 6.07 Å². The molecule has 7 nitrogen and oxygen atoms in total. The number of guanidine groups is 1. The lowest BCUT2D eigenvalue weighted by Gasteiger charge is -2.15. The number of aliphatic imine (C=N–C) groups is 1. The van der Waals surface area contributed by atoms with Crippen LogP contribution in [0, 0.1) is 0 Å². The summed E-state index contributed by atoms with van der Waals surface area (Å²) in [5, 5.41) is 9.28. The Morgan fingerprint density at radius 3 is 2.64 bits per heavy atom. The van der Waals surface area contributed by atoms with Crippen molar-refractivity contribution in [1.82, 2.24) is 15.6 Å². The van der Waals surface area contributed by atoms with E-state index in [0.717, 1.165) is 17.1 Å². The largest absolute Gasteiger partial charge is 0.454 e. The van der Waals surface area contributed by atoms with Crippen molar-refractivity contribution < 1.29 is 23.0 Å². The molecule has 1 aliphatic rings.